The Morgan fingerprint density at radius 1 is 1.17 bits per heavy atom. The summed E-state index contributed by atoms with van der Waals surface area (Å²) in [4.78, 5) is 15.9. The number of nitrogens with one attached hydrogen (secondary N) is 1. The summed E-state index contributed by atoms with van der Waals surface area (Å²) < 4.78 is 5.73. The molecule has 0 unspecified atom stereocenters. The number of ether oxygens (including phenoxy) is 1. The maximum Gasteiger partial charge on any atom is 0.228 e. The van der Waals surface area contributed by atoms with Crippen molar-refractivity contribution in [2.45, 2.75) is 12.5 Å². The Labute approximate surface area is 170 Å². The second-order valence-corrected chi connectivity index (χ2v) is 7.43. The highest BCUT2D eigenvalue weighted by molar-refractivity contribution is 5.99. The molecular formula is C22H24N4O3. The molecular weight excluding hydrogens is 368 g/mol. The molecule has 2 heterocycles. The number of rotatable bonds is 6. The summed E-state index contributed by atoms with van der Waals surface area (Å²) in [5.41, 5.74) is 3.43. The van der Waals surface area contributed by atoms with Gasteiger partial charge in [-0.05, 0) is 35.9 Å². The van der Waals surface area contributed by atoms with Gasteiger partial charge in [0.1, 0.15) is 24.5 Å². The molecule has 2 aliphatic heterocycles. The van der Waals surface area contributed by atoms with Gasteiger partial charge in [0.25, 0.3) is 0 Å². The van der Waals surface area contributed by atoms with E-state index in [1.54, 1.807) is 0 Å². The summed E-state index contributed by atoms with van der Waals surface area (Å²) in [5.74, 6) is 0.658. The summed E-state index contributed by atoms with van der Waals surface area (Å²) in [6, 6.07) is 15.4. The Morgan fingerprint density at radius 2 is 1.97 bits per heavy atom. The second kappa shape index (κ2) is 8.52. The molecule has 0 spiro atoms. The maximum atomic E-state index is 11.4. The van der Waals surface area contributed by atoms with E-state index in [-0.39, 0.29) is 12.5 Å². The molecule has 1 fully saturated rings. The quantitative estimate of drug-likeness (QED) is 0.777. The van der Waals surface area contributed by atoms with E-state index in [9.17, 15) is 15.2 Å². The van der Waals surface area contributed by atoms with Gasteiger partial charge in [-0.25, -0.2) is 0 Å². The standard InChI is InChI=1S/C22H24N4O3/c23-13-16-3-1-2-4-21(16)26-9-7-25(8-10-26)14-18(27)15-29-19-5-6-20-17(11-19)12-22(28)24-20/h1-6,11,18,27H,7-10,12,14-15H2,(H,24,28)/t18-/m0/s1. The lowest BCUT2D eigenvalue weighted by atomic mass is 10.1. The summed E-state index contributed by atoms with van der Waals surface area (Å²) >= 11 is 0. The first-order chi connectivity index (χ1) is 14.1. The van der Waals surface area contributed by atoms with Crippen molar-refractivity contribution in [1.82, 2.24) is 4.90 Å². The van der Waals surface area contributed by atoms with Gasteiger partial charge >= 0.3 is 0 Å². The first-order valence-corrected chi connectivity index (χ1v) is 9.82. The number of para-hydroxylation sites is 1. The largest absolute Gasteiger partial charge is 0.491 e. The molecule has 29 heavy (non-hydrogen) atoms. The zero-order valence-electron chi connectivity index (χ0n) is 16.2. The van der Waals surface area contributed by atoms with E-state index < -0.39 is 6.10 Å². The minimum Gasteiger partial charge on any atom is -0.491 e. The number of aliphatic hydroxyl groups is 1. The molecule has 2 aliphatic rings. The highest BCUT2D eigenvalue weighted by Gasteiger charge is 2.22. The van der Waals surface area contributed by atoms with Crippen LogP contribution in [0.3, 0.4) is 0 Å². The van der Waals surface area contributed by atoms with Crippen molar-refractivity contribution in [3.63, 3.8) is 0 Å². The van der Waals surface area contributed by atoms with E-state index in [1.807, 2.05) is 42.5 Å². The van der Waals surface area contributed by atoms with Crippen LogP contribution in [0, 0.1) is 11.3 Å². The number of carbonyl (C=O) groups is 1. The number of hydrogen-bond acceptors (Lipinski definition) is 6. The SMILES string of the molecule is N#Cc1ccccc1N1CCN(C[C@H](O)COc2ccc3c(c2)CC(=O)N3)CC1. The van der Waals surface area contributed by atoms with E-state index in [0.717, 1.165) is 43.1 Å². The number of nitriles is 1. The molecule has 2 aromatic carbocycles. The number of amides is 1. The summed E-state index contributed by atoms with van der Waals surface area (Å²) in [5, 5.41) is 22.5. The average molecular weight is 392 g/mol. The van der Waals surface area contributed by atoms with Crippen LogP contribution in [0.1, 0.15) is 11.1 Å². The minimum atomic E-state index is -0.596. The van der Waals surface area contributed by atoms with Gasteiger partial charge in [0, 0.05) is 38.4 Å². The van der Waals surface area contributed by atoms with Crippen molar-refractivity contribution in [1.29, 1.82) is 5.26 Å². The third-order valence-corrected chi connectivity index (χ3v) is 5.35. The van der Waals surface area contributed by atoms with E-state index in [4.69, 9.17) is 4.74 Å². The van der Waals surface area contributed by atoms with Crippen molar-refractivity contribution in [3.05, 3.63) is 53.6 Å². The fraction of sp³-hybridized carbons (Fsp3) is 0.364. The Hall–Kier alpha value is -3.08. The lowest BCUT2D eigenvalue weighted by Crippen LogP contribution is -2.49. The first-order valence-electron chi connectivity index (χ1n) is 9.82. The Bertz CT molecular complexity index is 932. The molecule has 0 aromatic heterocycles. The molecule has 7 heteroatoms. The van der Waals surface area contributed by atoms with Crippen LogP contribution in [0.2, 0.25) is 0 Å². The molecule has 150 valence electrons. The minimum absolute atomic E-state index is 0.00581. The molecule has 0 radical (unpaired) electrons. The van der Waals surface area contributed by atoms with Crippen LogP contribution in [0.15, 0.2) is 42.5 Å². The van der Waals surface area contributed by atoms with Gasteiger partial charge in [-0.1, -0.05) is 12.1 Å². The number of benzene rings is 2. The molecule has 1 amide bonds. The van der Waals surface area contributed by atoms with Gasteiger partial charge in [0.05, 0.1) is 17.7 Å². The molecule has 1 atom stereocenters. The number of carbonyl (C=O) groups excluding carboxylic acids is 1. The lowest BCUT2D eigenvalue weighted by molar-refractivity contribution is -0.115. The van der Waals surface area contributed by atoms with E-state index in [1.165, 1.54) is 0 Å². The van der Waals surface area contributed by atoms with Crippen LogP contribution >= 0.6 is 0 Å². The Kier molecular flexibility index (Phi) is 5.65. The third-order valence-electron chi connectivity index (χ3n) is 5.35. The van der Waals surface area contributed by atoms with E-state index >= 15 is 0 Å². The van der Waals surface area contributed by atoms with Gasteiger partial charge in [-0.15, -0.1) is 0 Å². The molecule has 2 aromatic rings. The van der Waals surface area contributed by atoms with Crippen LogP contribution in [-0.2, 0) is 11.2 Å². The van der Waals surface area contributed by atoms with Crippen molar-refractivity contribution >= 4 is 17.3 Å². The summed E-state index contributed by atoms with van der Waals surface area (Å²) in [7, 11) is 0. The van der Waals surface area contributed by atoms with Crippen LogP contribution < -0.4 is 15.0 Å². The monoisotopic (exact) mass is 392 g/mol. The summed E-state index contributed by atoms with van der Waals surface area (Å²) in [6.07, 6.45) is -0.227. The van der Waals surface area contributed by atoms with Gasteiger partial charge in [-0.3, -0.25) is 9.69 Å². The molecule has 1 saturated heterocycles. The molecule has 2 N–H and O–H groups in total. The number of hydrogen-bond donors (Lipinski definition) is 2. The predicted molar refractivity (Wildman–Crippen MR) is 110 cm³/mol. The smallest absolute Gasteiger partial charge is 0.228 e. The zero-order chi connectivity index (χ0) is 20.2. The van der Waals surface area contributed by atoms with Crippen LogP contribution in [0.5, 0.6) is 5.75 Å². The van der Waals surface area contributed by atoms with Crippen LogP contribution in [0.4, 0.5) is 11.4 Å². The maximum absolute atomic E-state index is 11.4. The van der Waals surface area contributed by atoms with Crippen molar-refractivity contribution in [3.8, 4) is 11.8 Å². The van der Waals surface area contributed by atoms with Gasteiger partial charge in [0.15, 0.2) is 0 Å². The van der Waals surface area contributed by atoms with Crippen LogP contribution in [-0.4, -0.2) is 61.3 Å². The van der Waals surface area contributed by atoms with Gasteiger partial charge < -0.3 is 20.1 Å². The van der Waals surface area contributed by atoms with Crippen LogP contribution in [0.25, 0.3) is 0 Å². The third kappa shape index (κ3) is 4.50. The van der Waals surface area contributed by atoms with E-state index in [2.05, 4.69) is 21.2 Å². The fourth-order valence-electron chi connectivity index (χ4n) is 3.85. The molecule has 7 nitrogen and oxygen atoms in total. The number of aliphatic hydroxyl groups excluding tert-OH is 1. The topological polar surface area (TPSA) is 88.8 Å². The highest BCUT2D eigenvalue weighted by Crippen LogP contribution is 2.27. The average Bonchev–Trinajstić information content (AvgIpc) is 3.12. The number of anilines is 2. The van der Waals surface area contributed by atoms with Gasteiger partial charge in [-0.2, -0.15) is 5.26 Å². The van der Waals surface area contributed by atoms with Crippen molar-refractivity contribution in [2.75, 3.05) is 49.5 Å². The Balaban J connectivity index is 1.24. The summed E-state index contributed by atoms with van der Waals surface area (Å²) in [6.45, 7) is 4.03. The number of fused-ring (bicyclic) bond motifs is 1. The van der Waals surface area contributed by atoms with Crippen molar-refractivity contribution in [2.24, 2.45) is 0 Å². The molecule has 0 bridgehead atoms. The van der Waals surface area contributed by atoms with Crippen molar-refractivity contribution < 1.29 is 14.6 Å². The lowest BCUT2D eigenvalue weighted by Gasteiger charge is -2.37. The first kappa shape index (κ1) is 19.2. The number of piperazine rings is 1. The second-order valence-electron chi connectivity index (χ2n) is 7.43. The highest BCUT2D eigenvalue weighted by atomic mass is 16.5. The fourth-order valence-corrected chi connectivity index (χ4v) is 3.85. The zero-order valence-corrected chi connectivity index (χ0v) is 16.2. The number of β-amino-alcohol motifs (C(OH)–C–C–N with tert-alkyl or cyclic N) is 1. The van der Waals surface area contributed by atoms with E-state index in [0.29, 0.717) is 24.3 Å². The molecule has 4 rings (SSSR count). The molecule has 0 saturated carbocycles. The van der Waals surface area contributed by atoms with Gasteiger partial charge in [0.2, 0.25) is 5.91 Å². The normalized spacial score (nSPS) is 17.4. The molecule has 0 aliphatic carbocycles. The predicted octanol–water partition coefficient (Wildman–Crippen LogP) is 1.61. The number of nitrogens with zero attached hydrogens (tertiary/aromatic N) is 3. The Morgan fingerprint density at radius 3 is 2.76 bits per heavy atom.